The zero-order chi connectivity index (χ0) is 44.7. The average Bonchev–Trinajstić information content (AvgIpc) is 3.89. The molecule has 0 spiro atoms. The van der Waals surface area contributed by atoms with Gasteiger partial charge in [0, 0.05) is 38.4 Å². The topological polar surface area (TPSA) is 9.86 Å². The van der Waals surface area contributed by atoms with Gasteiger partial charge in [-0.2, -0.15) is 0 Å². The first-order chi connectivity index (χ1) is 33.7. The molecule has 0 N–H and O–H groups in total. The van der Waals surface area contributed by atoms with E-state index >= 15 is 0 Å². The number of hydrogen-bond acceptors (Lipinski definition) is 0. The lowest BCUT2D eigenvalue weighted by Gasteiger charge is -2.16. The Morgan fingerprint density at radius 2 is 0.824 bits per heavy atom. The van der Waals surface area contributed by atoms with E-state index in [1.54, 1.807) is 0 Å². The van der Waals surface area contributed by atoms with Gasteiger partial charge in [-0.05, 0) is 146 Å². The molecule has 0 fully saturated rings. The van der Waals surface area contributed by atoms with E-state index in [1.165, 1.54) is 133 Å². The first-order valence-corrected chi connectivity index (χ1v) is 23.8. The summed E-state index contributed by atoms with van der Waals surface area (Å²) in [7, 11) is 0. The molecule has 68 heavy (non-hydrogen) atoms. The molecule has 0 radical (unpaired) electrons. The summed E-state index contributed by atoms with van der Waals surface area (Å²) in [4.78, 5) is 0. The van der Waals surface area contributed by atoms with Crippen LogP contribution in [0.1, 0.15) is 18.4 Å². The maximum atomic E-state index is 2.51. The molecule has 0 bridgehead atoms. The van der Waals surface area contributed by atoms with Crippen molar-refractivity contribution in [2.45, 2.75) is 12.8 Å². The maximum absolute atomic E-state index is 2.51. The molecule has 1 aliphatic carbocycles. The van der Waals surface area contributed by atoms with E-state index in [4.69, 9.17) is 0 Å². The molecule has 14 rings (SSSR count). The lowest BCUT2D eigenvalue weighted by Crippen LogP contribution is -1.98. The molecule has 2 aliphatic rings. The van der Waals surface area contributed by atoms with Crippen LogP contribution in [0.15, 0.2) is 243 Å². The van der Waals surface area contributed by atoms with Crippen LogP contribution >= 0.6 is 0 Å². The predicted molar refractivity (Wildman–Crippen MR) is 288 cm³/mol. The van der Waals surface area contributed by atoms with Crippen molar-refractivity contribution >= 4 is 49.2 Å². The van der Waals surface area contributed by atoms with Crippen molar-refractivity contribution in [3.63, 3.8) is 0 Å². The average molecular weight is 865 g/mol. The molecule has 0 saturated carbocycles. The number of aromatic nitrogens is 2. The van der Waals surface area contributed by atoms with Crippen LogP contribution in [0.4, 0.5) is 0 Å². The van der Waals surface area contributed by atoms with Gasteiger partial charge in [0.2, 0.25) is 0 Å². The van der Waals surface area contributed by atoms with Gasteiger partial charge in [-0.25, -0.2) is 0 Å². The van der Waals surface area contributed by atoms with Gasteiger partial charge in [0.15, 0.2) is 0 Å². The second-order valence-corrected chi connectivity index (χ2v) is 18.4. The molecule has 3 heterocycles. The summed E-state index contributed by atoms with van der Waals surface area (Å²) < 4.78 is 4.97. The molecule has 1 aliphatic heterocycles. The van der Waals surface area contributed by atoms with E-state index in [1.807, 2.05) is 0 Å². The molecular weight excluding hydrogens is 821 g/mol. The van der Waals surface area contributed by atoms with E-state index < -0.39 is 0 Å². The van der Waals surface area contributed by atoms with Crippen molar-refractivity contribution in [3.05, 3.63) is 248 Å². The van der Waals surface area contributed by atoms with Gasteiger partial charge in [-0.1, -0.05) is 176 Å². The quantitative estimate of drug-likeness (QED) is 0.158. The van der Waals surface area contributed by atoms with Crippen LogP contribution in [0.2, 0.25) is 0 Å². The number of allylic oxidation sites excluding steroid dienone is 4. The summed E-state index contributed by atoms with van der Waals surface area (Å²) in [5, 5.41) is 5.03. The smallest absolute Gasteiger partial charge is 0.0620 e. The number of hydrogen-bond donors (Lipinski definition) is 0. The second kappa shape index (κ2) is 15.4. The van der Waals surface area contributed by atoms with Gasteiger partial charge in [0.05, 0.1) is 27.8 Å². The fourth-order valence-electron chi connectivity index (χ4n) is 11.3. The van der Waals surface area contributed by atoms with Crippen molar-refractivity contribution in [2.24, 2.45) is 0 Å². The Balaban J connectivity index is 0.887. The SMILES string of the molecule is C1=CCCC(c2cc(-c3ccccc3)cc(-n3c4ccccc4c4cc(-c5ccc(-c6cc7c8c(c6)c6ccccc6n8-c6ccc(-c8ccccc8)cc6-c6ccccc6-7)cc5)ccc43)c2)=C1. The number of para-hydroxylation sites is 2. The monoisotopic (exact) mass is 864 g/mol. The zero-order valence-electron chi connectivity index (χ0n) is 37.4. The van der Waals surface area contributed by atoms with Crippen LogP contribution in [0.5, 0.6) is 0 Å². The van der Waals surface area contributed by atoms with Gasteiger partial charge >= 0.3 is 0 Å². The first-order valence-electron chi connectivity index (χ1n) is 23.8. The third-order valence-electron chi connectivity index (χ3n) is 14.5. The normalized spacial score (nSPS) is 12.9. The Hall–Kier alpha value is -8.72. The van der Waals surface area contributed by atoms with Crippen molar-refractivity contribution in [2.75, 3.05) is 0 Å². The summed E-state index contributed by atoms with van der Waals surface area (Å²) in [6.07, 6.45) is 8.87. The van der Waals surface area contributed by atoms with Crippen molar-refractivity contribution in [1.82, 2.24) is 9.13 Å². The highest BCUT2D eigenvalue weighted by Gasteiger charge is 2.26. The maximum Gasteiger partial charge on any atom is 0.0620 e. The Bertz CT molecular complexity index is 4050. The molecule has 0 amide bonds. The minimum Gasteiger partial charge on any atom is -0.309 e. The molecule has 0 unspecified atom stereocenters. The summed E-state index contributed by atoms with van der Waals surface area (Å²) >= 11 is 0. The Labute approximate surface area is 395 Å². The lowest BCUT2D eigenvalue weighted by atomic mass is 9.90. The fraction of sp³-hybridized carbons (Fsp3) is 0.0303. The van der Waals surface area contributed by atoms with E-state index in [-0.39, 0.29) is 0 Å². The Kier molecular flexibility index (Phi) is 8.75. The predicted octanol–water partition coefficient (Wildman–Crippen LogP) is 17.9. The standard InChI is InChI=1S/C66H44N2/c1-4-16-43(17-5-1)48-33-35-65-58(39-48)54-22-10-11-23-55(54)60-41-52(42-61-57-25-13-15-27-63(57)68(65)66(60)61)47-30-28-46(29-31-47)49-32-34-64-59(40-49)56-24-12-14-26-62(56)67(64)53-37-50(44-18-6-2-7-19-44)36-51(38-53)45-20-8-3-9-21-45/h1-8,10-20,22-42H,9,21H2. The molecule has 2 nitrogen and oxygen atoms in total. The Morgan fingerprint density at radius 3 is 1.56 bits per heavy atom. The number of benzene rings is 10. The van der Waals surface area contributed by atoms with Crippen molar-refractivity contribution in [1.29, 1.82) is 0 Å². The van der Waals surface area contributed by atoms with E-state index in [9.17, 15) is 0 Å². The molecule has 10 aromatic carbocycles. The molecular formula is C66H44N2. The fourth-order valence-corrected chi connectivity index (χ4v) is 11.3. The van der Waals surface area contributed by atoms with E-state index in [0.29, 0.717) is 0 Å². The van der Waals surface area contributed by atoms with Crippen LogP contribution in [0.25, 0.3) is 127 Å². The van der Waals surface area contributed by atoms with E-state index in [2.05, 4.69) is 252 Å². The first kappa shape index (κ1) is 38.5. The highest BCUT2D eigenvalue weighted by molar-refractivity contribution is 6.18. The minimum atomic E-state index is 1.04. The van der Waals surface area contributed by atoms with Gasteiger partial charge in [0.25, 0.3) is 0 Å². The van der Waals surface area contributed by atoms with Crippen LogP contribution in [-0.2, 0) is 0 Å². The summed E-state index contributed by atoms with van der Waals surface area (Å²) in [5.74, 6) is 0. The molecule has 0 saturated heterocycles. The van der Waals surface area contributed by atoms with Crippen LogP contribution < -0.4 is 0 Å². The van der Waals surface area contributed by atoms with Gasteiger partial charge in [-0.3, -0.25) is 0 Å². The number of nitrogens with zero attached hydrogens (tertiary/aromatic N) is 2. The number of rotatable bonds is 6. The summed E-state index contributed by atoms with van der Waals surface area (Å²) in [5.41, 5.74) is 24.6. The third kappa shape index (κ3) is 6.11. The molecule has 318 valence electrons. The second-order valence-electron chi connectivity index (χ2n) is 18.4. The van der Waals surface area contributed by atoms with Gasteiger partial charge < -0.3 is 9.13 Å². The highest BCUT2D eigenvalue weighted by Crippen LogP contribution is 2.49. The largest absolute Gasteiger partial charge is 0.309 e. The summed E-state index contributed by atoms with van der Waals surface area (Å²) in [6.45, 7) is 0. The van der Waals surface area contributed by atoms with Crippen molar-refractivity contribution < 1.29 is 0 Å². The third-order valence-corrected chi connectivity index (χ3v) is 14.5. The van der Waals surface area contributed by atoms with Gasteiger partial charge in [0.1, 0.15) is 0 Å². The molecule has 2 aromatic heterocycles. The minimum absolute atomic E-state index is 1.04. The van der Waals surface area contributed by atoms with Crippen molar-refractivity contribution in [3.8, 4) is 78.1 Å². The van der Waals surface area contributed by atoms with E-state index in [0.717, 1.165) is 12.8 Å². The zero-order valence-corrected chi connectivity index (χ0v) is 37.4. The van der Waals surface area contributed by atoms with Crippen LogP contribution in [0, 0.1) is 0 Å². The van der Waals surface area contributed by atoms with Crippen LogP contribution in [0.3, 0.4) is 0 Å². The van der Waals surface area contributed by atoms with Gasteiger partial charge in [-0.15, -0.1) is 0 Å². The Morgan fingerprint density at radius 1 is 0.309 bits per heavy atom. The molecule has 2 heteroatoms. The summed E-state index contributed by atoms with van der Waals surface area (Å²) in [6, 6.07) is 83.5. The number of fused-ring (bicyclic) bond motifs is 11. The molecule has 12 aromatic rings. The highest BCUT2D eigenvalue weighted by atomic mass is 15.0. The molecule has 0 atom stereocenters. The van der Waals surface area contributed by atoms with Crippen LogP contribution in [-0.4, -0.2) is 9.13 Å². The lowest BCUT2D eigenvalue weighted by molar-refractivity contribution is 1.05.